The number of rotatable bonds is 13. The summed E-state index contributed by atoms with van der Waals surface area (Å²) < 4.78 is 31.8. The number of carbonyl (C=O) groups excluding carboxylic acids is 3. The predicted octanol–water partition coefficient (Wildman–Crippen LogP) is 4.82. The van der Waals surface area contributed by atoms with Crippen molar-refractivity contribution in [1.29, 1.82) is 0 Å². The van der Waals surface area contributed by atoms with Crippen molar-refractivity contribution in [3.63, 3.8) is 0 Å². The second kappa shape index (κ2) is 14.6. The lowest BCUT2D eigenvalue weighted by Crippen LogP contribution is -2.40. The van der Waals surface area contributed by atoms with Gasteiger partial charge < -0.3 is 24.8 Å². The van der Waals surface area contributed by atoms with Crippen molar-refractivity contribution in [2.45, 2.75) is 64.8 Å². The Hall–Kier alpha value is -5.13. The van der Waals surface area contributed by atoms with Gasteiger partial charge in [-0.3, -0.25) is 14.4 Å². The molecule has 1 heterocycles. The summed E-state index contributed by atoms with van der Waals surface area (Å²) in [7, 11) is 0. The molecular weight excluding hydrogens is 583 g/mol. The average Bonchev–Trinajstić information content (AvgIpc) is 3.80. The minimum absolute atomic E-state index is 0.0915. The summed E-state index contributed by atoms with van der Waals surface area (Å²) in [6.45, 7) is 8.66. The van der Waals surface area contributed by atoms with Crippen molar-refractivity contribution in [1.82, 2.24) is 15.3 Å². The first kappa shape index (κ1) is 32.8. The van der Waals surface area contributed by atoms with Crippen LogP contribution in [0.15, 0.2) is 72.2 Å². The number of carbonyl (C=O) groups is 3. The molecule has 238 valence electrons. The van der Waals surface area contributed by atoms with E-state index in [-0.39, 0.29) is 37.2 Å². The maximum absolute atomic E-state index is 13.9. The van der Waals surface area contributed by atoms with E-state index in [1.807, 2.05) is 6.07 Å². The summed E-state index contributed by atoms with van der Waals surface area (Å²) in [4.78, 5) is 53.6. The van der Waals surface area contributed by atoms with E-state index in [1.54, 1.807) is 51.1 Å². The fraction of sp³-hybridized carbons (Fsp3) is 0.333. The van der Waals surface area contributed by atoms with Crippen molar-refractivity contribution in [3.8, 4) is 11.5 Å². The SMILES string of the molecule is C=CCCOc1cc(F)ccc1CNC(=O)c1cn(NC(=O)OC(C)(C)C)c(C(=O)NC2CC2)c(OCc2ccccc2)c1=O. The molecule has 0 saturated heterocycles. The summed E-state index contributed by atoms with van der Waals surface area (Å²) in [6, 6.07) is 12.7. The molecule has 1 aliphatic rings. The largest absolute Gasteiger partial charge is 0.493 e. The lowest BCUT2D eigenvalue weighted by atomic mass is 10.1. The number of nitrogens with zero attached hydrogens (tertiary/aromatic N) is 1. The van der Waals surface area contributed by atoms with Gasteiger partial charge in [0, 0.05) is 30.4 Å². The van der Waals surface area contributed by atoms with Crippen molar-refractivity contribution in [2.24, 2.45) is 0 Å². The third-order valence-electron chi connectivity index (χ3n) is 6.42. The van der Waals surface area contributed by atoms with Crippen molar-refractivity contribution >= 4 is 17.9 Å². The van der Waals surface area contributed by atoms with Crippen molar-refractivity contribution in [3.05, 3.63) is 106 Å². The smallest absolute Gasteiger partial charge is 0.426 e. The van der Waals surface area contributed by atoms with Crippen LogP contribution in [0, 0.1) is 5.82 Å². The molecule has 0 atom stereocenters. The van der Waals surface area contributed by atoms with E-state index >= 15 is 0 Å². The van der Waals surface area contributed by atoms with Crippen LogP contribution in [0.3, 0.4) is 0 Å². The van der Waals surface area contributed by atoms with Gasteiger partial charge >= 0.3 is 6.09 Å². The molecule has 0 unspecified atom stereocenters. The molecule has 0 aliphatic heterocycles. The summed E-state index contributed by atoms with van der Waals surface area (Å²) in [5.74, 6) is -2.24. The third-order valence-corrected chi connectivity index (χ3v) is 6.42. The fourth-order valence-electron chi connectivity index (χ4n) is 4.13. The Morgan fingerprint density at radius 1 is 1.07 bits per heavy atom. The lowest BCUT2D eigenvalue weighted by Gasteiger charge is -2.23. The number of hydrogen-bond donors (Lipinski definition) is 3. The average molecular weight is 621 g/mol. The molecule has 1 aliphatic carbocycles. The second-order valence-corrected chi connectivity index (χ2v) is 11.4. The summed E-state index contributed by atoms with van der Waals surface area (Å²) >= 11 is 0. The predicted molar refractivity (Wildman–Crippen MR) is 165 cm³/mol. The van der Waals surface area contributed by atoms with E-state index in [4.69, 9.17) is 14.2 Å². The molecule has 1 saturated carbocycles. The van der Waals surface area contributed by atoms with Gasteiger partial charge in [-0.25, -0.2) is 19.3 Å². The monoisotopic (exact) mass is 620 g/mol. The highest BCUT2D eigenvalue weighted by atomic mass is 19.1. The number of pyridine rings is 1. The molecule has 0 radical (unpaired) electrons. The maximum atomic E-state index is 13.9. The summed E-state index contributed by atoms with van der Waals surface area (Å²) in [5.41, 5.74) is 1.13. The first-order valence-corrected chi connectivity index (χ1v) is 14.5. The molecule has 2 aromatic carbocycles. The Morgan fingerprint density at radius 2 is 1.80 bits per heavy atom. The molecule has 1 fully saturated rings. The Labute approximate surface area is 260 Å². The molecular formula is C33H37FN4O7. The molecule has 3 amide bonds. The van der Waals surface area contributed by atoms with Crippen LogP contribution in [-0.4, -0.2) is 40.8 Å². The van der Waals surface area contributed by atoms with Crippen LogP contribution < -0.4 is 31.0 Å². The minimum atomic E-state index is -0.931. The number of ether oxygens (including phenoxy) is 3. The van der Waals surface area contributed by atoms with E-state index in [0.29, 0.717) is 17.5 Å². The van der Waals surface area contributed by atoms with E-state index in [1.165, 1.54) is 18.2 Å². The van der Waals surface area contributed by atoms with Gasteiger partial charge in [-0.1, -0.05) is 42.5 Å². The number of aromatic nitrogens is 1. The Kier molecular flexibility index (Phi) is 10.6. The van der Waals surface area contributed by atoms with Gasteiger partial charge in [0.1, 0.15) is 29.3 Å². The van der Waals surface area contributed by atoms with E-state index in [0.717, 1.165) is 23.7 Å². The van der Waals surface area contributed by atoms with Crippen LogP contribution in [0.5, 0.6) is 11.5 Å². The first-order valence-electron chi connectivity index (χ1n) is 14.5. The number of hydrogen-bond acceptors (Lipinski definition) is 7. The van der Waals surface area contributed by atoms with E-state index < -0.39 is 46.1 Å². The number of nitrogens with one attached hydrogen (secondary N) is 3. The first-order chi connectivity index (χ1) is 21.4. The lowest BCUT2D eigenvalue weighted by molar-refractivity contribution is 0.0611. The van der Waals surface area contributed by atoms with Gasteiger partial charge in [0.2, 0.25) is 5.43 Å². The molecule has 11 nitrogen and oxygen atoms in total. The van der Waals surface area contributed by atoms with Crippen LogP contribution in [0.25, 0.3) is 0 Å². The van der Waals surface area contributed by atoms with Gasteiger partial charge in [0.05, 0.1) is 6.61 Å². The molecule has 3 N–H and O–H groups in total. The second-order valence-electron chi connectivity index (χ2n) is 11.4. The van der Waals surface area contributed by atoms with Crippen LogP contribution in [0.2, 0.25) is 0 Å². The van der Waals surface area contributed by atoms with Gasteiger partial charge in [-0.05, 0) is 51.7 Å². The number of benzene rings is 2. The van der Waals surface area contributed by atoms with Gasteiger partial charge in [0.25, 0.3) is 11.8 Å². The van der Waals surface area contributed by atoms with Crippen molar-refractivity contribution in [2.75, 3.05) is 12.0 Å². The summed E-state index contributed by atoms with van der Waals surface area (Å²) in [5, 5.41) is 5.45. The zero-order valence-electron chi connectivity index (χ0n) is 25.5. The Balaban J connectivity index is 1.71. The quantitative estimate of drug-likeness (QED) is 0.184. The van der Waals surface area contributed by atoms with Crippen LogP contribution in [0.1, 0.15) is 72.0 Å². The fourth-order valence-corrected chi connectivity index (χ4v) is 4.13. The highest BCUT2D eigenvalue weighted by Crippen LogP contribution is 2.23. The molecule has 45 heavy (non-hydrogen) atoms. The normalized spacial score (nSPS) is 12.5. The van der Waals surface area contributed by atoms with Crippen molar-refractivity contribution < 1.29 is 33.0 Å². The molecule has 0 bridgehead atoms. The highest BCUT2D eigenvalue weighted by Gasteiger charge is 2.31. The highest BCUT2D eigenvalue weighted by molar-refractivity contribution is 5.99. The number of amides is 3. The Bertz CT molecular complexity index is 1610. The maximum Gasteiger partial charge on any atom is 0.426 e. The van der Waals surface area contributed by atoms with E-state index in [2.05, 4.69) is 22.6 Å². The van der Waals surface area contributed by atoms with Crippen LogP contribution in [-0.2, 0) is 17.9 Å². The minimum Gasteiger partial charge on any atom is -0.493 e. The van der Waals surface area contributed by atoms with E-state index in [9.17, 15) is 23.6 Å². The molecule has 1 aromatic heterocycles. The molecule has 0 spiro atoms. The van der Waals surface area contributed by atoms with Crippen LogP contribution in [0.4, 0.5) is 9.18 Å². The summed E-state index contributed by atoms with van der Waals surface area (Å²) in [6.07, 6.45) is 3.82. The number of halogens is 1. The van der Waals surface area contributed by atoms with Crippen LogP contribution >= 0.6 is 0 Å². The molecule has 3 aromatic rings. The zero-order chi connectivity index (χ0) is 32.6. The van der Waals surface area contributed by atoms with Gasteiger partial charge in [0.15, 0.2) is 11.4 Å². The third kappa shape index (κ3) is 9.43. The Morgan fingerprint density at radius 3 is 2.47 bits per heavy atom. The zero-order valence-corrected chi connectivity index (χ0v) is 25.5. The molecule has 4 rings (SSSR count). The topological polar surface area (TPSA) is 137 Å². The van der Waals surface area contributed by atoms with Gasteiger partial charge in [-0.2, -0.15) is 0 Å². The standard InChI is InChI=1S/C33H37FN4O7/c1-5-6-16-43-26-17-23(34)13-12-22(26)18-35-30(40)25-19-38(37-32(42)45-33(2,3)4)27(31(41)36-24-14-15-24)29(28(25)39)44-20-21-10-8-7-9-11-21/h5,7-13,17,19,24H,1,6,14-16,18,20H2,2-4H3,(H,35,40)(H,36,41)(H,37,42). The van der Waals surface area contributed by atoms with Gasteiger partial charge in [-0.15, -0.1) is 6.58 Å². The molecule has 12 heteroatoms.